The first kappa shape index (κ1) is 19.4. The Bertz CT molecular complexity index is 939. The molecule has 0 saturated carbocycles. The minimum absolute atomic E-state index is 0.122. The Labute approximate surface area is 173 Å². The molecule has 1 saturated heterocycles. The lowest BCUT2D eigenvalue weighted by Crippen LogP contribution is -2.44. The van der Waals surface area contributed by atoms with Crippen LogP contribution in [0.1, 0.15) is 0 Å². The van der Waals surface area contributed by atoms with Gasteiger partial charge in [-0.1, -0.05) is 11.8 Å². The van der Waals surface area contributed by atoms with Gasteiger partial charge in [0.25, 0.3) is 5.22 Å². The highest BCUT2D eigenvalue weighted by Gasteiger charge is 2.15. The number of amides is 1. The number of pyridine rings is 1. The van der Waals surface area contributed by atoms with Crippen LogP contribution in [0.15, 0.2) is 58.4 Å². The number of hydrogen-bond acceptors (Lipinski definition) is 8. The molecule has 3 aromatic rings. The zero-order valence-electron chi connectivity index (χ0n) is 16.1. The summed E-state index contributed by atoms with van der Waals surface area (Å²) in [4.78, 5) is 20.9. The summed E-state index contributed by atoms with van der Waals surface area (Å²) < 4.78 is 5.57. The molecule has 1 N–H and O–H groups in total. The van der Waals surface area contributed by atoms with Crippen LogP contribution in [0.3, 0.4) is 0 Å². The average molecular weight is 411 g/mol. The molecule has 29 heavy (non-hydrogen) atoms. The molecule has 1 aliphatic rings. The van der Waals surface area contributed by atoms with Gasteiger partial charge in [-0.25, -0.2) is 0 Å². The van der Waals surface area contributed by atoms with E-state index in [0.717, 1.165) is 37.4 Å². The predicted molar refractivity (Wildman–Crippen MR) is 113 cm³/mol. The summed E-state index contributed by atoms with van der Waals surface area (Å²) in [7, 11) is 2.14. The normalized spacial score (nSPS) is 14.7. The standard InChI is InChI=1S/C20H22N6O2S/c1-25-9-11-26(12-10-25)17-6-4-16(5-7-17)22-18(27)14-29-20-24-23-19(28-20)15-3-2-8-21-13-15/h2-8,13H,9-12,14H2,1H3,(H,22,27). The van der Waals surface area contributed by atoms with Crippen LogP contribution in [-0.4, -0.2) is 65.0 Å². The van der Waals surface area contributed by atoms with Gasteiger partial charge in [0.1, 0.15) is 0 Å². The molecule has 4 rings (SSSR count). The van der Waals surface area contributed by atoms with Crippen molar-refractivity contribution in [3.63, 3.8) is 0 Å². The molecule has 1 aliphatic heterocycles. The molecule has 1 aromatic carbocycles. The van der Waals surface area contributed by atoms with Gasteiger partial charge in [-0.3, -0.25) is 9.78 Å². The van der Waals surface area contributed by atoms with E-state index in [0.29, 0.717) is 11.1 Å². The Kier molecular flexibility index (Phi) is 6.06. The molecule has 150 valence electrons. The van der Waals surface area contributed by atoms with Crippen molar-refractivity contribution < 1.29 is 9.21 Å². The van der Waals surface area contributed by atoms with Crippen molar-refractivity contribution >= 4 is 29.0 Å². The van der Waals surface area contributed by atoms with Crippen LogP contribution in [0.2, 0.25) is 0 Å². The van der Waals surface area contributed by atoms with Crippen LogP contribution >= 0.6 is 11.8 Å². The van der Waals surface area contributed by atoms with Crippen molar-refractivity contribution in [3.05, 3.63) is 48.8 Å². The highest BCUT2D eigenvalue weighted by molar-refractivity contribution is 7.99. The maximum atomic E-state index is 12.2. The number of nitrogens with one attached hydrogen (secondary N) is 1. The lowest BCUT2D eigenvalue weighted by Gasteiger charge is -2.34. The first-order valence-corrected chi connectivity index (χ1v) is 10.4. The Morgan fingerprint density at radius 1 is 1.14 bits per heavy atom. The molecular formula is C20H22N6O2S. The summed E-state index contributed by atoms with van der Waals surface area (Å²) in [6.07, 6.45) is 3.33. The Morgan fingerprint density at radius 2 is 1.93 bits per heavy atom. The highest BCUT2D eigenvalue weighted by Crippen LogP contribution is 2.23. The number of thioether (sulfide) groups is 1. The van der Waals surface area contributed by atoms with Gasteiger partial charge in [-0.2, -0.15) is 0 Å². The van der Waals surface area contributed by atoms with Crippen molar-refractivity contribution in [2.45, 2.75) is 5.22 Å². The second-order valence-corrected chi connectivity index (χ2v) is 7.72. The van der Waals surface area contributed by atoms with E-state index in [2.05, 4.69) is 37.3 Å². The quantitative estimate of drug-likeness (QED) is 0.621. The van der Waals surface area contributed by atoms with Crippen LogP contribution < -0.4 is 10.2 Å². The van der Waals surface area contributed by atoms with E-state index in [1.54, 1.807) is 18.5 Å². The van der Waals surface area contributed by atoms with Crippen molar-refractivity contribution in [1.29, 1.82) is 0 Å². The first-order chi connectivity index (χ1) is 14.2. The first-order valence-electron chi connectivity index (χ1n) is 9.37. The van der Waals surface area contributed by atoms with E-state index in [-0.39, 0.29) is 11.7 Å². The van der Waals surface area contributed by atoms with Crippen molar-refractivity contribution in [3.8, 4) is 11.5 Å². The predicted octanol–water partition coefficient (Wildman–Crippen LogP) is 2.61. The fourth-order valence-corrected chi connectivity index (χ4v) is 3.58. The average Bonchev–Trinajstić information content (AvgIpc) is 3.23. The fraction of sp³-hybridized carbons (Fsp3) is 0.300. The molecule has 0 unspecified atom stereocenters. The van der Waals surface area contributed by atoms with Gasteiger partial charge in [0, 0.05) is 49.9 Å². The number of piperazine rings is 1. The third-order valence-electron chi connectivity index (χ3n) is 4.66. The molecule has 9 heteroatoms. The van der Waals surface area contributed by atoms with Crippen LogP contribution in [0.25, 0.3) is 11.5 Å². The van der Waals surface area contributed by atoms with Gasteiger partial charge >= 0.3 is 0 Å². The van der Waals surface area contributed by atoms with Crippen LogP contribution in [0.4, 0.5) is 11.4 Å². The smallest absolute Gasteiger partial charge is 0.277 e. The third-order valence-corrected chi connectivity index (χ3v) is 5.48. The van der Waals surface area contributed by atoms with Crippen molar-refractivity contribution in [2.75, 3.05) is 49.2 Å². The van der Waals surface area contributed by atoms with Gasteiger partial charge in [-0.15, -0.1) is 10.2 Å². The topological polar surface area (TPSA) is 87.4 Å². The number of benzene rings is 1. The van der Waals surface area contributed by atoms with E-state index in [4.69, 9.17) is 4.42 Å². The Balaban J connectivity index is 1.27. The van der Waals surface area contributed by atoms with Crippen molar-refractivity contribution in [1.82, 2.24) is 20.1 Å². The molecule has 2 aromatic heterocycles. The van der Waals surface area contributed by atoms with Gasteiger partial charge < -0.3 is 19.5 Å². The number of nitrogens with zero attached hydrogens (tertiary/aromatic N) is 5. The van der Waals surface area contributed by atoms with E-state index in [1.165, 1.54) is 17.4 Å². The van der Waals surface area contributed by atoms with Crippen LogP contribution in [0.5, 0.6) is 0 Å². The van der Waals surface area contributed by atoms with Gasteiger partial charge in [0.2, 0.25) is 11.8 Å². The molecule has 0 spiro atoms. The summed E-state index contributed by atoms with van der Waals surface area (Å²) >= 11 is 1.20. The Hall–Kier alpha value is -2.91. The lowest BCUT2D eigenvalue weighted by atomic mass is 10.2. The number of aromatic nitrogens is 3. The third kappa shape index (κ3) is 5.12. The number of rotatable bonds is 6. The van der Waals surface area contributed by atoms with Gasteiger partial charge in [0.05, 0.1) is 11.3 Å². The number of hydrogen-bond donors (Lipinski definition) is 1. The van der Waals surface area contributed by atoms with Crippen molar-refractivity contribution in [2.24, 2.45) is 0 Å². The summed E-state index contributed by atoms with van der Waals surface area (Å²) in [5, 5.41) is 11.2. The van der Waals surface area contributed by atoms with E-state index >= 15 is 0 Å². The largest absolute Gasteiger partial charge is 0.411 e. The molecular weight excluding hydrogens is 388 g/mol. The summed E-state index contributed by atoms with van der Waals surface area (Å²) in [5.41, 5.74) is 2.70. The van der Waals surface area contributed by atoms with Gasteiger partial charge in [0.15, 0.2) is 0 Å². The second-order valence-electron chi connectivity index (χ2n) is 6.79. The lowest BCUT2D eigenvalue weighted by molar-refractivity contribution is -0.113. The molecule has 0 radical (unpaired) electrons. The molecule has 1 fully saturated rings. The number of anilines is 2. The van der Waals surface area contributed by atoms with Crippen LogP contribution in [0, 0.1) is 0 Å². The monoisotopic (exact) mass is 410 g/mol. The molecule has 0 aliphatic carbocycles. The number of carbonyl (C=O) groups excluding carboxylic acids is 1. The SMILES string of the molecule is CN1CCN(c2ccc(NC(=O)CSc3nnc(-c4cccnc4)o3)cc2)CC1. The molecule has 0 bridgehead atoms. The summed E-state index contributed by atoms with van der Waals surface area (Å²) in [5.74, 6) is 0.457. The zero-order valence-corrected chi connectivity index (χ0v) is 16.9. The molecule has 1 amide bonds. The van der Waals surface area contributed by atoms with E-state index < -0.39 is 0 Å². The molecule has 3 heterocycles. The maximum Gasteiger partial charge on any atom is 0.277 e. The minimum atomic E-state index is -0.122. The Morgan fingerprint density at radius 3 is 2.66 bits per heavy atom. The van der Waals surface area contributed by atoms with E-state index in [1.807, 2.05) is 30.3 Å². The fourth-order valence-electron chi connectivity index (χ4n) is 3.02. The number of likely N-dealkylation sites (N-methyl/N-ethyl adjacent to an activating group) is 1. The minimum Gasteiger partial charge on any atom is -0.411 e. The number of carbonyl (C=O) groups is 1. The maximum absolute atomic E-state index is 12.2. The summed E-state index contributed by atoms with van der Waals surface area (Å²) in [6.45, 7) is 4.16. The van der Waals surface area contributed by atoms with Crippen LogP contribution in [-0.2, 0) is 4.79 Å². The van der Waals surface area contributed by atoms with Gasteiger partial charge in [-0.05, 0) is 43.4 Å². The summed E-state index contributed by atoms with van der Waals surface area (Å²) in [6, 6.07) is 11.6. The van der Waals surface area contributed by atoms with E-state index in [9.17, 15) is 4.79 Å². The zero-order chi connectivity index (χ0) is 20.1. The highest BCUT2D eigenvalue weighted by atomic mass is 32.2. The molecule has 0 atom stereocenters. The molecule has 8 nitrogen and oxygen atoms in total. The second kappa shape index (κ2) is 9.06.